The summed E-state index contributed by atoms with van der Waals surface area (Å²) in [5, 5.41) is 0. The van der Waals surface area contributed by atoms with Crippen molar-refractivity contribution >= 4 is 11.8 Å². The van der Waals surface area contributed by atoms with Crippen LogP contribution in [0.4, 0.5) is 22.0 Å². The lowest BCUT2D eigenvalue weighted by molar-refractivity contribution is -0.296. The molecule has 2 unspecified atom stereocenters. The second-order valence-corrected chi connectivity index (χ2v) is 4.66. The van der Waals surface area contributed by atoms with Crippen molar-refractivity contribution in [3.8, 4) is 0 Å². The fourth-order valence-corrected chi connectivity index (χ4v) is 1.69. The smallest absolute Gasteiger partial charge is 0.373 e. The van der Waals surface area contributed by atoms with Crippen LogP contribution in [0, 0.1) is 11.8 Å². The highest BCUT2D eigenvalue weighted by molar-refractivity contribution is 6.04. The van der Waals surface area contributed by atoms with Gasteiger partial charge >= 0.3 is 12.1 Å². The summed E-state index contributed by atoms with van der Waals surface area (Å²) < 4.78 is 64.8. The number of halogens is 5. The van der Waals surface area contributed by atoms with Gasteiger partial charge in [-0.05, 0) is 0 Å². The molecule has 1 fully saturated rings. The SMILES string of the molecule is CC1C(=O)N(CCOCC(F)(F)C(F)(F)F)C(=O)C1C. The number of carbonyl (C=O) groups is 2. The van der Waals surface area contributed by atoms with E-state index in [1.807, 2.05) is 0 Å². The monoisotopic (exact) mass is 303 g/mol. The number of hydrogen-bond donors (Lipinski definition) is 0. The highest BCUT2D eigenvalue weighted by Gasteiger charge is 2.57. The van der Waals surface area contributed by atoms with E-state index in [1.54, 1.807) is 13.8 Å². The first kappa shape index (κ1) is 16.8. The van der Waals surface area contributed by atoms with Crippen molar-refractivity contribution in [2.24, 2.45) is 11.8 Å². The molecule has 116 valence electrons. The van der Waals surface area contributed by atoms with Crippen molar-refractivity contribution < 1.29 is 36.3 Å². The van der Waals surface area contributed by atoms with Crippen LogP contribution in [-0.4, -0.2) is 48.6 Å². The molecule has 0 aromatic heterocycles. The van der Waals surface area contributed by atoms with Gasteiger partial charge in [-0.3, -0.25) is 14.5 Å². The first-order valence-electron chi connectivity index (χ1n) is 5.86. The zero-order valence-electron chi connectivity index (χ0n) is 10.8. The quantitative estimate of drug-likeness (QED) is 0.442. The number of rotatable bonds is 5. The van der Waals surface area contributed by atoms with Crippen LogP contribution in [-0.2, 0) is 14.3 Å². The van der Waals surface area contributed by atoms with Crippen molar-refractivity contribution in [3.05, 3.63) is 0 Å². The second-order valence-electron chi connectivity index (χ2n) is 4.66. The molecule has 1 heterocycles. The molecule has 2 amide bonds. The minimum absolute atomic E-state index is 0.333. The Morgan fingerprint density at radius 1 is 1.05 bits per heavy atom. The number of ether oxygens (including phenoxy) is 1. The summed E-state index contributed by atoms with van der Waals surface area (Å²) in [7, 11) is 0. The lowest BCUT2D eigenvalue weighted by atomic mass is 10.00. The Hall–Kier alpha value is -1.25. The molecule has 9 heteroatoms. The van der Waals surface area contributed by atoms with Crippen molar-refractivity contribution in [2.45, 2.75) is 25.9 Å². The second kappa shape index (κ2) is 5.63. The summed E-state index contributed by atoms with van der Waals surface area (Å²) >= 11 is 0. The summed E-state index contributed by atoms with van der Waals surface area (Å²) in [6.45, 7) is 0.355. The molecule has 0 aliphatic carbocycles. The average Bonchev–Trinajstić information content (AvgIpc) is 2.50. The van der Waals surface area contributed by atoms with Crippen molar-refractivity contribution in [3.63, 3.8) is 0 Å². The standard InChI is InChI=1S/C11H14F5NO3/c1-6-7(2)9(19)17(8(6)18)3-4-20-5-10(12,13)11(14,15)16/h6-7H,3-5H2,1-2H3. The summed E-state index contributed by atoms with van der Waals surface area (Å²) in [6, 6.07) is 0. The van der Waals surface area contributed by atoms with Gasteiger partial charge in [0.05, 0.1) is 13.2 Å². The van der Waals surface area contributed by atoms with Crippen molar-refractivity contribution in [1.82, 2.24) is 4.90 Å². The predicted octanol–water partition coefficient (Wildman–Crippen LogP) is 1.84. The third-order valence-corrected chi connectivity index (χ3v) is 3.22. The fraction of sp³-hybridized carbons (Fsp3) is 0.818. The summed E-state index contributed by atoms with van der Waals surface area (Å²) in [4.78, 5) is 24.0. The van der Waals surface area contributed by atoms with Gasteiger partial charge in [0.2, 0.25) is 11.8 Å². The molecule has 4 nitrogen and oxygen atoms in total. The van der Waals surface area contributed by atoms with Gasteiger partial charge in [0, 0.05) is 11.8 Å². The Morgan fingerprint density at radius 3 is 1.90 bits per heavy atom. The van der Waals surface area contributed by atoms with Gasteiger partial charge in [-0.15, -0.1) is 0 Å². The van der Waals surface area contributed by atoms with Gasteiger partial charge < -0.3 is 4.74 Å². The molecule has 1 aliphatic rings. The first-order valence-corrected chi connectivity index (χ1v) is 5.86. The zero-order chi connectivity index (χ0) is 15.7. The highest BCUT2D eigenvalue weighted by Crippen LogP contribution is 2.35. The average molecular weight is 303 g/mol. The molecule has 20 heavy (non-hydrogen) atoms. The maximum absolute atomic E-state index is 12.5. The van der Waals surface area contributed by atoms with Crippen LogP contribution in [0.25, 0.3) is 0 Å². The number of amides is 2. The van der Waals surface area contributed by atoms with Crippen LogP contribution in [0.2, 0.25) is 0 Å². The van der Waals surface area contributed by atoms with Crippen molar-refractivity contribution in [1.29, 1.82) is 0 Å². The van der Waals surface area contributed by atoms with Crippen LogP contribution < -0.4 is 0 Å². The van der Waals surface area contributed by atoms with Crippen LogP contribution in [0.5, 0.6) is 0 Å². The van der Waals surface area contributed by atoms with Gasteiger partial charge in [-0.1, -0.05) is 13.8 Å². The zero-order valence-corrected chi connectivity index (χ0v) is 10.8. The van der Waals surface area contributed by atoms with Gasteiger partial charge in [-0.25, -0.2) is 0 Å². The topological polar surface area (TPSA) is 46.6 Å². The third-order valence-electron chi connectivity index (χ3n) is 3.22. The summed E-state index contributed by atoms with van der Waals surface area (Å²) in [6.07, 6.45) is -5.69. The van der Waals surface area contributed by atoms with Gasteiger partial charge in [0.15, 0.2) is 0 Å². The van der Waals surface area contributed by atoms with E-state index in [-0.39, 0.29) is 6.54 Å². The van der Waals surface area contributed by atoms with E-state index in [9.17, 15) is 31.5 Å². The Bertz CT molecular complexity index is 376. The Balaban J connectivity index is 2.43. The Morgan fingerprint density at radius 2 is 1.50 bits per heavy atom. The molecule has 0 radical (unpaired) electrons. The van der Waals surface area contributed by atoms with Crippen LogP contribution in [0.15, 0.2) is 0 Å². The van der Waals surface area contributed by atoms with Crippen LogP contribution in [0.1, 0.15) is 13.8 Å². The number of nitrogens with zero attached hydrogens (tertiary/aromatic N) is 1. The van der Waals surface area contributed by atoms with Crippen molar-refractivity contribution in [2.75, 3.05) is 19.8 Å². The molecule has 1 rings (SSSR count). The number of carbonyl (C=O) groups excluding carboxylic acids is 2. The minimum atomic E-state index is -5.69. The molecule has 0 spiro atoms. The molecule has 0 aromatic carbocycles. The van der Waals surface area contributed by atoms with Gasteiger partial charge in [0.1, 0.15) is 6.61 Å². The fourth-order valence-electron chi connectivity index (χ4n) is 1.69. The first-order chi connectivity index (χ1) is 8.99. The van der Waals surface area contributed by atoms with E-state index in [4.69, 9.17) is 0 Å². The number of hydrogen-bond acceptors (Lipinski definition) is 3. The lowest BCUT2D eigenvalue weighted by Gasteiger charge is -2.20. The minimum Gasteiger partial charge on any atom is -0.373 e. The number of alkyl halides is 5. The summed E-state index contributed by atoms with van der Waals surface area (Å²) in [5.74, 6) is -6.97. The Kier molecular flexibility index (Phi) is 4.73. The maximum Gasteiger partial charge on any atom is 0.455 e. The maximum atomic E-state index is 12.5. The molecule has 0 saturated carbocycles. The highest BCUT2D eigenvalue weighted by atomic mass is 19.4. The molecule has 2 atom stereocenters. The summed E-state index contributed by atoms with van der Waals surface area (Å²) in [5.41, 5.74) is 0. The molecular weight excluding hydrogens is 289 g/mol. The van der Waals surface area contributed by atoms with Gasteiger partial charge in [0.25, 0.3) is 0 Å². The molecule has 1 saturated heterocycles. The number of imide groups is 1. The lowest BCUT2D eigenvalue weighted by Crippen LogP contribution is -2.42. The number of likely N-dealkylation sites (tertiary alicyclic amines) is 1. The molecule has 0 bridgehead atoms. The molecular formula is C11H14F5NO3. The molecule has 0 N–H and O–H groups in total. The van der Waals surface area contributed by atoms with E-state index in [0.29, 0.717) is 0 Å². The van der Waals surface area contributed by atoms with Crippen LogP contribution in [0.3, 0.4) is 0 Å². The van der Waals surface area contributed by atoms with E-state index < -0.39 is 49.0 Å². The third kappa shape index (κ3) is 3.25. The van der Waals surface area contributed by atoms with E-state index >= 15 is 0 Å². The largest absolute Gasteiger partial charge is 0.455 e. The van der Waals surface area contributed by atoms with Gasteiger partial charge in [-0.2, -0.15) is 22.0 Å². The molecule has 0 aromatic rings. The predicted molar refractivity (Wildman–Crippen MR) is 56.9 cm³/mol. The molecule has 1 aliphatic heterocycles. The van der Waals surface area contributed by atoms with E-state index in [0.717, 1.165) is 4.90 Å². The Labute approximate surface area is 111 Å². The normalized spacial score (nSPS) is 24.6. The van der Waals surface area contributed by atoms with Crippen LogP contribution >= 0.6 is 0 Å². The van der Waals surface area contributed by atoms with E-state index in [1.165, 1.54) is 0 Å². The van der Waals surface area contributed by atoms with E-state index in [2.05, 4.69) is 4.74 Å².